The van der Waals surface area contributed by atoms with Crippen molar-refractivity contribution in [2.45, 2.75) is 72.3 Å². The van der Waals surface area contributed by atoms with Crippen LogP contribution >= 0.6 is 0 Å². The molecule has 0 N–H and O–H groups in total. The van der Waals surface area contributed by atoms with E-state index in [4.69, 9.17) is 0 Å². The first-order valence-electron chi connectivity index (χ1n) is 7.03. The van der Waals surface area contributed by atoms with Gasteiger partial charge in [-0.15, -0.1) is 0 Å². The van der Waals surface area contributed by atoms with Crippen molar-refractivity contribution in [2.75, 3.05) is 0 Å². The van der Waals surface area contributed by atoms with Crippen LogP contribution in [0.2, 0.25) is 0 Å². The van der Waals surface area contributed by atoms with Gasteiger partial charge in [-0.3, -0.25) is 0 Å². The maximum atomic E-state index is 12.1. The highest BCUT2D eigenvalue weighted by atomic mass is 16.5. The number of hydrogen-bond donors (Lipinski definition) is 0. The van der Waals surface area contributed by atoms with Gasteiger partial charge >= 0.3 is 0 Å². The predicted octanol–water partition coefficient (Wildman–Crippen LogP) is 4.28. The molecule has 0 amide bonds. The van der Waals surface area contributed by atoms with Gasteiger partial charge in [0.25, 0.3) is 0 Å². The van der Waals surface area contributed by atoms with Crippen molar-refractivity contribution in [1.29, 1.82) is 0 Å². The zero-order valence-corrected chi connectivity index (χ0v) is 11.8. The van der Waals surface area contributed by atoms with Gasteiger partial charge in [0.2, 0.25) is 0 Å². The van der Waals surface area contributed by atoms with Crippen molar-refractivity contribution < 1.29 is 4.74 Å². The van der Waals surface area contributed by atoms with Gasteiger partial charge in [-0.2, -0.15) is 0 Å². The molecule has 17 heavy (non-hydrogen) atoms. The lowest BCUT2D eigenvalue weighted by Crippen LogP contribution is -2.26. The molecule has 0 radical (unpaired) electrons. The molecule has 1 unspecified atom stereocenters. The van der Waals surface area contributed by atoms with Gasteiger partial charge in [-0.05, 0) is 40.0 Å². The van der Waals surface area contributed by atoms with Crippen molar-refractivity contribution >= 4 is 6.21 Å². The van der Waals surface area contributed by atoms with Crippen molar-refractivity contribution in [3.63, 3.8) is 0 Å². The molecule has 0 heterocycles. The van der Waals surface area contributed by atoms with E-state index in [2.05, 4.69) is 27.7 Å². The first kappa shape index (κ1) is 14.3. The maximum Gasteiger partial charge on any atom is 0.162 e. The standard InChI is InChI=1S/C15H27NO/c1-5-12(2)14(4)13(3)11-16(17)15-9-7-6-8-10-15/h11,13,15H,5-10H2,1-4H3/b14-12+,16-11-. The topological polar surface area (TPSA) is 26.1 Å². The minimum Gasteiger partial charge on any atom is -0.624 e. The van der Waals surface area contributed by atoms with E-state index in [0.717, 1.165) is 19.3 Å². The van der Waals surface area contributed by atoms with Crippen LogP contribution in [0.25, 0.3) is 0 Å². The summed E-state index contributed by atoms with van der Waals surface area (Å²) in [5.41, 5.74) is 2.76. The summed E-state index contributed by atoms with van der Waals surface area (Å²) in [6.07, 6.45) is 8.83. The van der Waals surface area contributed by atoms with E-state index in [9.17, 15) is 5.21 Å². The van der Waals surface area contributed by atoms with Gasteiger partial charge in [0.1, 0.15) is 0 Å². The Balaban J connectivity index is 2.66. The molecule has 0 spiro atoms. The maximum absolute atomic E-state index is 12.1. The second kappa shape index (κ2) is 6.83. The number of allylic oxidation sites excluding steroid dienone is 2. The summed E-state index contributed by atoms with van der Waals surface area (Å²) in [4.78, 5) is 0. The Labute approximate surface area is 106 Å². The molecule has 1 atom stereocenters. The number of rotatable bonds is 4. The van der Waals surface area contributed by atoms with Crippen molar-refractivity contribution in [1.82, 2.24) is 0 Å². The SMILES string of the molecule is CC/C(C)=C(\C)C(C)/C=[N+](\[O-])C1CCCCC1. The monoisotopic (exact) mass is 237 g/mol. The molecular formula is C15H27NO. The molecule has 0 bridgehead atoms. The fourth-order valence-electron chi connectivity index (χ4n) is 2.46. The van der Waals surface area contributed by atoms with Crippen LogP contribution in [-0.4, -0.2) is 17.0 Å². The lowest BCUT2D eigenvalue weighted by atomic mass is 9.94. The first-order chi connectivity index (χ1) is 8.06. The summed E-state index contributed by atoms with van der Waals surface area (Å²) in [6, 6.07) is 0.237. The van der Waals surface area contributed by atoms with Crippen LogP contribution in [0.4, 0.5) is 0 Å². The summed E-state index contributed by atoms with van der Waals surface area (Å²) in [7, 11) is 0. The van der Waals surface area contributed by atoms with E-state index in [1.54, 1.807) is 0 Å². The molecule has 0 saturated heterocycles. The third kappa shape index (κ3) is 4.18. The lowest BCUT2D eigenvalue weighted by molar-refractivity contribution is -0.503. The highest BCUT2D eigenvalue weighted by Crippen LogP contribution is 2.21. The molecule has 2 nitrogen and oxygen atoms in total. The van der Waals surface area contributed by atoms with Crippen molar-refractivity contribution in [3.05, 3.63) is 16.4 Å². The first-order valence-corrected chi connectivity index (χ1v) is 7.03. The molecule has 0 aromatic heterocycles. The zero-order chi connectivity index (χ0) is 12.8. The molecule has 1 fully saturated rings. The smallest absolute Gasteiger partial charge is 0.162 e. The zero-order valence-electron chi connectivity index (χ0n) is 11.8. The Bertz CT molecular complexity index is 298. The molecule has 1 aliphatic carbocycles. The van der Waals surface area contributed by atoms with E-state index in [0.29, 0.717) is 0 Å². The van der Waals surface area contributed by atoms with E-state index in [1.807, 2.05) is 6.21 Å². The average Bonchev–Trinajstić information content (AvgIpc) is 2.37. The van der Waals surface area contributed by atoms with Gasteiger partial charge < -0.3 is 5.21 Å². The lowest BCUT2D eigenvalue weighted by Gasteiger charge is -2.22. The minimum absolute atomic E-state index is 0.237. The molecule has 1 saturated carbocycles. The largest absolute Gasteiger partial charge is 0.624 e. The van der Waals surface area contributed by atoms with E-state index in [-0.39, 0.29) is 12.0 Å². The fourth-order valence-corrected chi connectivity index (χ4v) is 2.46. The van der Waals surface area contributed by atoms with Crippen LogP contribution in [0.1, 0.15) is 66.2 Å². The molecular weight excluding hydrogens is 210 g/mol. The van der Waals surface area contributed by atoms with E-state index >= 15 is 0 Å². The molecule has 1 aliphatic rings. The van der Waals surface area contributed by atoms with Crippen LogP contribution in [0.3, 0.4) is 0 Å². The second-order valence-corrected chi connectivity index (χ2v) is 5.41. The Hall–Kier alpha value is -0.790. The average molecular weight is 237 g/mol. The number of hydrogen-bond acceptors (Lipinski definition) is 1. The molecule has 1 rings (SSSR count). The summed E-state index contributed by atoms with van der Waals surface area (Å²) in [5.74, 6) is 0.273. The van der Waals surface area contributed by atoms with Crippen LogP contribution < -0.4 is 0 Å². The van der Waals surface area contributed by atoms with Gasteiger partial charge in [0.15, 0.2) is 12.3 Å². The van der Waals surface area contributed by atoms with Crippen LogP contribution in [0, 0.1) is 11.1 Å². The molecule has 0 aromatic rings. The highest BCUT2D eigenvalue weighted by Gasteiger charge is 2.20. The van der Waals surface area contributed by atoms with Gasteiger partial charge in [0.05, 0.1) is 5.92 Å². The molecule has 0 aliphatic heterocycles. The van der Waals surface area contributed by atoms with Crippen molar-refractivity contribution in [2.24, 2.45) is 5.92 Å². The van der Waals surface area contributed by atoms with Crippen LogP contribution in [0.15, 0.2) is 11.1 Å². The third-order valence-corrected chi connectivity index (χ3v) is 4.19. The predicted molar refractivity (Wildman–Crippen MR) is 74.4 cm³/mol. The Morgan fingerprint density at radius 2 is 1.88 bits per heavy atom. The number of hydroxylamine groups is 1. The molecule has 98 valence electrons. The van der Waals surface area contributed by atoms with E-state index in [1.165, 1.54) is 35.1 Å². The normalized spacial score (nSPS) is 22.2. The summed E-state index contributed by atoms with van der Waals surface area (Å²) in [6.45, 7) is 8.61. The van der Waals surface area contributed by atoms with E-state index < -0.39 is 0 Å². The van der Waals surface area contributed by atoms with Gasteiger partial charge in [-0.25, -0.2) is 4.74 Å². The van der Waals surface area contributed by atoms with Gasteiger partial charge in [0, 0.05) is 12.8 Å². The van der Waals surface area contributed by atoms with Crippen LogP contribution in [0.5, 0.6) is 0 Å². The second-order valence-electron chi connectivity index (χ2n) is 5.41. The minimum atomic E-state index is 0.237. The van der Waals surface area contributed by atoms with Crippen LogP contribution in [-0.2, 0) is 0 Å². The molecule has 0 aromatic carbocycles. The van der Waals surface area contributed by atoms with Crippen molar-refractivity contribution in [3.8, 4) is 0 Å². The summed E-state index contributed by atoms with van der Waals surface area (Å²) >= 11 is 0. The van der Waals surface area contributed by atoms with Gasteiger partial charge in [-0.1, -0.05) is 24.5 Å². The Morgan fingerprint density at radius 3 is 2.41 bits per heavy atom. The Morgan fingerprint density at radius 1 is 1.29 bits per heavy atom. The summed E-state index contributed by atoms with van der Waals surface area (Å²) in [5, 5.41) is 12.1. The third-order valence-electron chi connectivity index (χ3n) is 4.19. The Kier molecular flexibility index (Phi) is 5.73. The quantitative estimate of drug-likeness (QED) is 0.235. The highest BCUT2D eigenvalue weighted by molar-refractivity contribution is 5.60. The fraction of sp³-hybridized carbons (Fsp3) is 0.800. The molecule has 2 heteroatoms. The number of nitrogens with zero attached hydrogens (tertiary/aromatic N) is 1. The summed E-state index contributed by atoms with van der Waals surface area (Å²) < 4.78 is 1.23.